The number of esters is 1. The third-order valence-corrected chi connectivity index (χ3v) is 3.79. The summed E-state index contributed by atoms with van der Waals surface area (Å²) in [5.74, 6) is 1.72. The molecule has 27 heavy (non-hydrogen) atoms. The van der Waals surface area contributed by atoms with E-state index in [2.05, 4.69) is 4.98 Å². The summed E-state index contributed by atoms with van der Waals surface area (Å²) in [6, 6.07) is 14.9. The molecule has 0 spiro atoms. The molecule has 0 atom stereocenters. The summed E-state index contributed by atoms with van der Waals surface area (Å²) in [6.07, 6.45) is 4.55. The van der Waals surface area contributed by atoms with Gasteiger partial charge in [0.2, 0.25) is 5.89 Å². The zero-order valence-electron chi connectivity index (χ0n) is 15.0. The van der Waals surface area contributed by atoms with Crippen LogP contribution in [0.25, 0.3) is 17.4 Å². The minimum Gasteiger partial charge on any atom is -0.497 e. The van der Waals surface area contributed by atoms with E-state index in [1.807, 2.05) is 30.3 Å². The lowest BCUT2D eigenvalue weighted by molar-refractivity contribution is -0.139. The molecule has 2 aromatic carbocycles. The van der Waals surface area contributed by atoms with Crippen LogP contribution in [-0.4, -0.2) is 25.2 Å². The van der Waals surface area contributed by atoms with Gasteiger partial charge in [-0.15, -0.1) is 0 Å². The second-order valence-corrected chi connectivity index (χ2v) is 5.53. The molecule has 0 aliphatic carbocycles. The average Bonchev–Trinajstić information content (AvgIpc) is 3.20. The Kier molecular flexibility index (Phi) is 5.89. The van der Waals surface area contributed by atoms with Crippen LogP contribution in [-0.2, 0) is 16.1 Å². The molecule has 0 bridgehead atoms. The molecular formula is C21H19NO5. The van der Waals surface area contributed by atoms with Gasteiger partial charge in [0.1, 0.15) is 11.5 Å². The zero-order chi connectivity index (χ0) is 19.1. The third-order valence-electron chi connectivity index (χ3n) is 3.79. The van der Waals surface area contributed by atoms with E-state index < -0.39 is 5.97 Å². The molecule has 0 aliphatic rings. The van der Waals surface area contributed by atoms with Crippen molar-refractivity contribution < 1.29 is 23.4 Å². The van der Waals surface area contributed by atoms with Gasteiger partial charge < -0.3 is 18.6 Å². The van der Waals surface area contributed by atoms with Crippen LogP contribution in [0.3, 0.4) is 0 Å². The SMILES string of the molecule is COc1ccc(/C=C/C(=O)OCc2ncc(-c3ccccc3)o2)c(OC)c1. The van der Waals surface area contributed by atoms with Gasteiger partial charge in [0.05, 0.1) is 20.4 Å². The molecule has 6 heteroatoms. The maximum Gasteiger partial charge on any atom is 0.331 e. The fourth-order valence-electron chi connectivity index (χ4n) is 2.41. The molecule has 0 fully saturated rings. The molecule has 0 saturated carbocycles. The van der Waals surface area contributed by atoms with Crippen molar-refractivity contribution in [1.82, 2.24) is 4.98 Å². The van der Waals surface area contributed by atoms with Crippen LogP contribution in [0, 0.1) is 0 Å². The molecule has 0 amide bonds. The van der Waals surface area contributed by atoms with Crippen LogP contribution in [0.1, 0.15) is 11.5 Å². The van der Waals surface area contributed by atoms with E-state index in [0.717, 1.165) is 11.1 Å². The minimum absolute atomic E-state index is 0.0459. The number of nitrogens with zero attached hydrogens (tertiary/aromatic N) is 1. The van der Waals surface area contributed by atoms with Crippen molar-refractivity contribution in [2.75, 3.05) is 14.2 Å². The Morgan fingerprint density at radius 1 is 1.11 bits per heavy atom. The number of hydrogen-bond donors (Lipinski definition) is 0. The molecule has 0 aliphatic heterocycles. The summed E-state index contributed by atoms with van der Waals surface area (Å²) in [5, 5.41) is 0. The van der Waals surface area contributed by atoms with Crippen molar-refractivity contribution in [2.24, 2.45) is 0 Å². The highest BCUT2D eigenvalue weighted by Gasteiger charge is 2.08. The minimum atomic E-state index is -0.507. The predicted molar refractivity (Wildman–Crippen MR) is 100 cm³/mol. The Bertz CT molecular complexity index is 931. The van der Waals surface area contributed by atoms with Gasteiger partial charge in [-0.05, 0) is 18.2 Å². The summed E-state index contributed by atoms with van der Waals surface area (Å²) in [6.45, 7) is -0.0459. The first-order valence-electron chi connectivity index (χ1n) is 8.26. The molecule has 138 valence electrons. The maximum atomic E-state index is 11.9. The highest BCUT2D eigenvalue weighted by Crippen LogP contribution is 2.25. The highest BCUT2D eigenvalue weighted by atomic mass is 16.5. The Morgan fingerprint density at radius 2 is 1.93 bits per heavy atom. The molecule has 0 unspecified atom stereocenters. The van der Waals surface area contributed by atoms with E-state index in [1.54, 1.807) is 44.7 Å². The molecule has 3 aromatic rings. The molecule has 1 heterocycles. The van der Waals surface area contributed by atoms with Gasteiger partial charge >= 0.3 is 5.97 Å². The first-order valence-corrected chi connectivity index (χ1v) is 8.26. The first kappa shape index (κ1) is 18.3. The highest BCUT2D eigenvalue weighted by molar-refractivity contribution is 5.87. The van der Waals surface area contributed by atoms with Gasteiger partial charge in [-0.25, -0.2) is 9.78 Å². The second kappa shape index (κ2) is 8.71. The number of hydrogen-bond acceptors (Lipinski definition) is 6. The molecule has 3 rings (SSSR count). The van der Waals surface area contributed by atoms with Gasteiger partial charge in [-0.3, -0.25) is 0 Å². The molecule has 0 saturated heterocycles. The van der Waals surface area contributed by atoms with Crippen LogP contribution < -0.4 is 9.47 Å². The Morgan fingerprint density at radius 3 is 2.67 bits per heavy atom. The standard InChI is InChI=1S/C21H19NO5/c1-24-17-10-8-16(18(12-17)25-2)9-11-21(23)26-14-20-22-13-19(27-20)15-6-4-3-5-7-15/h3-13H,14H2,1-2H3/b11-9+. The van der Waals surface area contributed by atoms with Gasteiger partial charge in [0.15, 0.2) is 12.4 Å². The molecule has 0 radical (unpaired) electrons. The lowest BCUT2D eigenvalue weighted by Crippen LogP contribution is -2.01. The van der Waals surface area contributed by atoms with Gasteiger partial charge in [-0.1, -0.05) is 30.3 Å². The van der Waals surface area contributed by atoms with E-state index in [0.29, 0.717) is 23.1 Å². The molecule has 1 aromatic heterocycles. The van der Waals surface area contributed by atoms with Crippen molar-refractivity contribution in [3.05, 3.63) is 72.3 Å². The quantitative estimate of drug-likeness (QED) is 0.463. The van der Waals surface area contributed by atoms with E-state index >= 15 is 0 Å². The fourth-order valence-corrected chi connectivity index (χ4v) is 2.41. The van der Waals surface area contributed by atoms with Crippen molar-refractivity contribution >= 4 is 12.0 Å². The number of carbonyl (C=O) groups is 1. The Hall–Kier alpha value is -3.54. The van der Waals surface area contributed by atoms with Crippen molar-refractivity contribution in [2.45, 2.75) is 6.61 Å². The Labute approximate surface area is 157 Å². The van der Waals surface area contributed by atoms with E-state index in [1.165, 1.54) is 6.08 Å². The first-order chi connectivity index (χ1) is 13.2. The van der Waals surface area contributed by atoms with Crippen LogP contribution in [0.2, 0.25) is 0 Å². The average molecular weight is 365 g/mol. The number of carbonyl (C=O) groups excluding carboxylic acids is 1. The Balaban J connectivity index is 1.59. The maximum absolute atomic E-state index is 11.9. The zero-order valence-corrected chi connectivity index (χ0v) is 15.0. The molecule has 6 nitrogen and oxygen atoms in total. The molecular weight excluding hydrogens is 346 g/mol. The van der Waals surface area contributed by atoms with Gasteiger partial charge in [-0.2, -0.15) is 0 Å². The van der Waals surface area contributed by atoms with Crippen molar-refractivity contribution in [3.8, 4) is 22.8 Å². The monoisotopic (exact) mass is 365 g/mol. The van der Waals surface area contributed by atoms with E-state index in [4.69, 9.17) is 18.6 Å². The number of rotatable bonds is 7. The smallest absolute Gasteiger partial charge is 0.331 e. The largest absolute Gasteiger partial charge is 0.497 e. The van der Waals surface area contributed by atoms with Gasteiger partial charge in [0, 0.05) is 23.3 Å². The topological polar surface area (TPSA) is 70.8 Å². The van der Waals surface area contributed by atoms with Crippen molar-refractivity contribution in [1.29, 1.82) is 0 Å². The normalized spacial score (nSPS) is 10.7. The number of aromatic nitrogens is 1. The van der Waals surface area contributed by atoms with E-state index in [9.17, 15) is 4.79 Å². The van der Waals surface area contributed by atoms with Crippen molar-refractivity contribution in [3.63, 3.8) is 0 Å². The number of oxazole rings is 1. The summed E-state index contributed by atoms with van der Waals surface area (Å²) in [7, 11) is 3.13. The van der Waals surface area contributed by atoms with Gasteiger partial charge in [0.25, 0.3) is 0 Å². The fraction of sp³-hybridized carbons (Fsp3) is 0.143. The second-order valence-electron chi connectivity index (χ2n) is 5.53. The lowest BCUT2D eigenvalue weighted by Gasteiger charge is -2.07. The summed E-state index contributed by atoms with van der Waals surface area (Å²) < 4.78 is 21.2. The van der Waals surface area contributed by atoms with Crippen LogP contribution in [0.15, 0.2) is 65.2 Å². The number of ether oxygens (including phenoxy) is 3. The van der Waals surface area contributed by atoms with Crippen LogP contribution >= 0.6 is 0 Å². The number of benzene rings is 2. The van der Waals surface area contributed by atoms with E-state index in [-0.39, 0.29) is 6.61 Å². The van der Waals surface area contributed by atoms with Crippen LogP contribution in [0.5, 0.6) is 11.5 Å². The number of methoxy groups -OCH3 is 2. The predicted octanol–water partition coefficient (Wildman–Crippen LogP) is 4.12. The summed E-state index contributed by atoms with van der Waals surface area (Å²) >= 11 is 0. The lowest BCUT2D eigenvalue weighted by atomic mass is 10.2. The molecule has 0 N–H and O–H groups in total. The summed E-state index contributed by atoms with van der Waals surface area (Å²) in [4.78, 5) is 16.1. The third kappa shape index (κ3) is 4.76. The van der Waals surface area contributed by atoms with Crippen LogP contribution in [0.4, 0.5) is 0 Å². The summed E-state index contributed by atoms with van der Waals surface area (Å²) in [5.41, 5.74) is 1.65.